The molecule has 25 heavy (non-hydrogen) atoms. The molecule has 1 unspecified atom stereocenters. The number of sulfonamides is 1. The lowest BCUT2D eigenvalue weighted by Crippen LogP contribution is -2.37. The number of ether oxygens (including phenoxy) is 1. The van der Waals surface area contributed by atoms with E-state index >= 15 is 0 Å². The molecule has 0 fully saturated rings. The van der Waals surface area contributed by atoms with Crippen LogP contribution in [0.5, 0.6) is 0 Å². The van der Waals surface area contributed by atoms with Gasteiger partial charge in [0.1, 0.15) is 0 Å². The van der Waals surface area contributed by atoms with Crippen LogP contribution in [0.4, 0.5) is 0 Å². The highest BCUT2D eigenvalue weighted by molar-refractivity contribution is 7.89. The zero-order valence-electron chi connectivity index (χ0n) is 15.2. The molecule has 2 aromatic carbocycles. The maximum absolute atomic E-state index is 12.9. The SMILES string of the molecule is Cc1cc(C)c(C)c(S(=O)(=O)NCC2Cc3ccccc3CO2)c1C. The van der Waals surface area contributed by atoms with Crippen molar-refractivity contribution in [2.75, 3.05) is 6.54 Å². The first kappa shape index (κ1) is 18.1. The molecule has 0 amide bonds. The van der Waals surface area contributed by atoms with Gasteiger partial charge < -0.3 is 4.74 Å². The molecule has 1 N–H and O–H groups in total. The number of benzene rings is 2. The van der Waals surface area contributed by atoms with Crippen LogP contribution in [0.1, 0.15) is 33.4 Å². The van der Waals surface area contributed by atoms with Crippen molar-refractivity contribution in [3.63, 3.8) is 0 Å². The van der Waals surface area contributed by atoms with Gasteiger partial charge in [0.25, 0.3) is 0 Å². The third kappa shape index (κ3) is 3.64. The second-order valence-electron chi connectivity index (χ2n) is 6.85. The van der Waals surface area contributed by atoms with E-state index in [9.17, 15) is 8.42 Å². The van der Waals surface area contributed by atoms with E-state index in [1.807, 2.05) is 45.9 Å². The van der Waals surface area contributed by atoms with Crippen molar-refractivity contribution in [2.45, 2.75) is 51.7 Å². The predicted octanol–water partition coefficient (Wildman–Crippen LogP) is 3.34. The van der Waals surface area contributed by atoms with Crippen molar-refractivity contribution in [2.24, 2.45) is 0 Å². The molecule has 0 saturated heterocycles. The summed E-state index contributed by atoms with van der Waals surface area (Å²) in [6.07, 6.45) is 0.583. The van der Waals surface area contributed by atoms with Gasteiger partial charge in [-0.05, 0) is 61.1 Å². The fourth-order valence-electron chi connectivity index (χ4n) is 3.40. The second-order valence-corrected chi connectivity index (χ2v) is 8.55. The van der Waals surface area contributed by atoms with Crippen LogP contribution >= 0.6 is 0 Å². The summed E-state index contributed by atoms with van der Waals surface area (Å²) in [5.41, 5.74) is 6.02. The van der Waals surface area contributed by atoms with Crippen molar-refractivity contribution in [1.82, 2.24) is 4.72 Å². The van der Waals surface area contributed by atoms with Gasteiger partial charge in [-0.3, -0.25) is 0 Å². The van der Waals surface area contributed by atoms with Gasteiger partial charge in [0.15, 0.2) is 0 Å². The van der Waals surface area contributed by atoms with E-state index < -0.39 is 10.0 Å². The van der Waals surface area contributed by atoms with Crippen LogP contribution in [-0.4, -0.2) is 21.1 Å². The first-order valence-electron chi connectivity index (χ1n) is 8.55. The molecule has 0 spiro atoms. The minimum absolute atomic E-state index is 0.142. The van der Waals surface area contributed by atoms with Crippen LogP contribution in [-0.2, 0) is 27.8 Å². The summed E-state index contributed by atoms with van der Waals surface area (Å²) in [6.45, 7) is 8.43. The molecule has 2 aromatic rings. The first-order chi connectivity index (χ1) is 11.8. The second kappa shape index (κ2) is 6.90. The van der Waals surface area contributed by atoms with Gasteiger partial charge in [0.2, 0.25) is 10.0 Å². The number of hydrogen-bond donors (Lipinski definition) is 1. The molecule has 4 nitrogen and oxygen atoms in total. The van der Waals surface area contributed by atoms with E-state index in [0.717, 1.165) is 28.7 Å². The maximum Gasteiger partial charge on any atom is 0.241 e. The molecule has 134 valence electrons. The van der Waals surface area contributed by atoms with E-state index in [1.54, 1.807) is 0 Å². The molecule has 0 aromatic heterocycles. The Morgan fingerprint density at radius 1 is 1.04 bits per heavy atom. The lowest BCUT2D eigenvalue weighted by molar-refractivity contribution is 0.0322. The topological polar surface area (TPSA) is 55.4 Å². The predicted molar refractivity (Wildman–Crippen MR) is 99.3 cm³/mol. The van der Waals surface area contributed by atoms with Gasteiger partial charge in [0.05, 0.1) is 17.6 Å². The number of nitrogens with one attached hydrogen (secondary N) is 1. The normalized spacial score (nSPS) is 17.4. The molecular weight excluding hydrogens is 334 g/mol. The highest BCUT2D eigenvalue weighted by atomic mass is 32.2. The maximum atomic E-state index is 12.9. The lowest BCUT2D eigenvalue weighted by atomic mass is 9.99. The summed E-state index contributed by atoms with van der Waals surface area (Å²) in [5.74, 6) is 0. The number of rotatable bonds is 4. The summed E-state index contributed by atoms with van der Waals surface area (Å²) < 4.78 is 34.4. The Labute approximate surface area is 150 Å². The highest BCUT2D eigenvalue weighted by Crippen LogP contribution is 2.26. The van der Waals surface area contributed by atoms with E-state index in [4.69, 9.17) is 4.74 Å². The zero-order chi connectivity index (χ0) is 18.2. The lowest BCUT2D eigenvalue weighted by Gasteiger charge is -2.26. The molecular formula is C20H25NO3S. The Morgan fingerprint density at radius 2 is 1.64 bits per heavy atom. The van der Waals surface area contributed by atoms with Crippen LogP contribution < -0.4 is 4.72 Å². The Morgan fingerprint density at radius 3 is 2.28 bits per heavy atom. The summed E-state index contributed by atoms with van der Waals surface area (Å²) >= 11 is 0. The standard InChI is InChI=1S/C20H25NO3S/c1-13-9-14(2)16(4)20(15(13)3)25(22,23)21-11-19-10-17-7-5-6-8-18(17)12-24-19/h5-9,19,21H,10-12H2,1-4H3. The van der Waals surface area contributed by atoms with Gasteiger partial charge in [0, 0.05) is 13.0 Å². The van der Waals surface area contributed by atoms with Crippen molar-refractivity contribution < 1.29 is 13.2 Å². The Kier molecular flexibility index (Phi) is 5.00. The van der Waals surface area contributed by atoms with E-state index in [2.05, 4.69) is 16.9 Å². The van der Waals surface area contributed by atoms with Crippen LogP contribution in [0.2, 0.25) is 0 Å². The van der Waals surface area contributed by atoms with Gasteiger partial charge in [-0.1, -0.05) is 30.3 Å². The zero-order valence-corrected chi connectivity index (χ0v) is 16.0. The van der Waals surface area contributed by atoms with Crippen LogP contribution in [0.3, 0.4) is 0 Å². The molecule has 1 heterocycles. The first-order valence-corrected chi connectivity index (χ1v) is 10.0. The highest BCUT2D eigenvalue weighted by Gasteiger charge is 2.25. The number of aryl methyl sites for hydroxylation is 2. The summed E-state index contributed by atoms with van der Waals surface area (Å²) in [7, 11) is -3.57. The molecule has 0 aliphatic carbocycles. The van der Waals surface area contributed by atoms with Crippen molar-refractivity contribution in [3.8, 4) is 0 Å². The fourth-order valence-corrected chi connectivity index (χ4v) is 5.08. The molecule has 5 heteroatoms. The molecule has 1 aliphatic rings. The Hall–Kier alpha value is -1.69. The largest absolute Gasteiger partial charge is 0.372 e. The minimum Gasteiger partial charge on any atom is -0.372 e. The van der Waals surface area contributed by atoms with E-state index in [1.165, 1.54) is 11.1 Å². The van der Waals surface area contributed by atoms with Crippen molar-refractivity contribution in [1.29, 1.82) is 0 Å². The Bertz CT molecular complexity index is 877. The quantitative estimate of drug-likeness (QED) is 0.911. The minimum atomic E-state index is -3.57. The summed E-state index contributed by atoms with van der Waals surface area (Å²) in [6, 6.07) is 10.2. The van der Waals surface area contributed by atoms with Gasteiger partial charge in [-0.15, -0.1) is 0 Å². The van der Waals surface area contributed by atoms with Crippen LogP contribution in [0, 0.1) is 27.7 Å². The van der Waals surface area contributed by atoms with Crippen molar-refractivity contribution >= 4 is 10.0 Å². The average Bonchev–Trinajstić information content (AvgIpc) is 2.58. The molecule has 0 radical (unpaired) electrons. The molecule has 1 atom stereocenters. The molecule has 0 bridgehead atoms. The smallest absolute Gasteiger partial charge is 0.241 e. The monoisotopic (exact) mass is 359 g/mol. The summed E-state index contributed by atoms with van der Waals surface area (Å²) in [4.78, 5) is 0.404. The Balaban J connectivity index is 1.78. The third-order valence-corrected chi connectivity index (χ3v) is 6.80. The molecule has 0 saturated carbocycles. The number of fused-ring (bicyclic) bond motifs is 1. The fraction of sp³-hybridized carbons (Fsp3) is 0.400. The molecule has 3 rings (SSSR count). The average molecular weight is 359 g/mol. The summed E-state index contributed by atoms with van der Waals surface area (Å²) in [5, 5.41) is 0. The molecule has 1 aliphatic heterocycles. The van der Waals surface area contributed by atoms with Crippen LogP contribution in [0.15, 0.2) is 35.2 Å². The van der Waals surface area contributed by atoms with Gasteiger partial charge in [-0.2, -0.15) is 0 Å². The van der Waals surface area contributed by atoms with Crippen molar-refractivity contribution in [3.05, 3.63) is 63.7 Å². The van der Waals surface area contributed by atoms with E-state index in [-0.39, 0.29) is 12.6 Å². The van der Waals surface area contributed by atoms with Gasteiger partial charge in [-0.25, -0.2) is 13.1 Å². The van der Waals surface area contributed by atoms with Gasteiger partial charge >= 0.3 is 0 Å². The number of hydrogen-bond acceptors (Lipinski definition) is 3. The van der Waals surface area contributed by atoms with E-state index in [0.29, 0.717) is 11.5 Å². The third-order valence-electron chi connectivity index (χ3n) is 5.11. The van der Waals surface area contributed by atoms with Crippen LogP contribution in [0.25, 0.3) is 0 Å².